The Hall–Kier alpha value is -2.27. The second-order valence-electron chi connectivity index (χ2n) is 5.37. The maximum atomic E-state index is 12.8. The van der Waals surface area contributed by atoms with E-state index in [4.69, 9.17) is 0 Å². The minimum absolute atomic E-state index is 0.0380. The van der Waals surface area contributed by atoms with Crippen LogP contribution in [0, 0.1) is 0 Å². The molecule has 0 bridgehead atoms. The minimum atomic E-state index is -0.0593. The molecule has 2 amide bonds. The molecule has 4 nitrogen and oxygen atoms in total. The molecule has 1 saturated heterocycles. The quantitative estimate of drug-likeness (QED) is 0.848. The molecule has 118 valence electrons. The zero-order valence-corrected chi connectivity index (χ0v) is 13.5. The van der Waals surface area contributed by atoms with Gasteiger partial charge in [-0.3, -0.25) is 9.59 Å². The van der Waals surface area contributed by atoms with E-state index in [0.717, 1.165) is 11.3 Å². The predicted octanol–water partition coefficient (Wildman–Crippen LogP) is 2.75. The Morgan fingerprint density at radius 3 is 2.30 bits per heavy atom. The zero-order chi connectivity index (χ0) is 16.1. The van der Waals surface area contributed by atoms with Gasteiger partial charge in [0, 0.05) is 5.69 Å². The lowest BCUT2D eigenvalue weighted by Crippen LogP contribution is -2.40. The van der Waals surface area contributed by atoms with Crippen molar-refractivity contribution in [2.45, 2.75) is 6.54 Å². The first-order valence-corrected chi connectivity index (χ1v) is 8.64. The van der Waals surface area contributed by atoms with Crippen molar-refractivity contribution in [1.29, 1.82) is 0 Å². The molecule has 0 saturated carbocycles. The number of hydrogen-bond donors (Lipinski definition) is 0. The number of nitrogens with zero attached hydrogens (tertiary/aromatic N) is 2. The SMILES string of the molecule is O=C1CSCN1CC(=O)N(Cc1ccccc1)c1ccccc1. The Kier molecular flexibility index (Phi) is 4.98. The lowest BCUT2D eigenvalue weighted by Gasteiger charge is -2.25. The fourth-order valence-corrected chi connectivity index (χ4v) is 3.39. The van der Waals surface area contributed by atoms with E-state index in [2.05, 4.69) is 0 Å². The average molecular weight is 326 g/mol. The third kappa shape index (κ3) is 3.93. The van der Waals surface area contributed by atoms with Gasteiger partial charge in [0.25, 0.3) is 0 Å². The van der Waals surface area contributed by atoms with Crippen LogP contribution in [0.3, 0.4) is 0 Å². The molecule has 0 spiro atoms. The van der Waals surface area contributed by atoms with Gasteiger partial charge >= 0.3 is 0 Å². The highest BCUT2D eigenvalue weighted by Gasteiger charge is 2.26. The van der Waals surface area contributed by atoms with Gasteiger partial charge in [-0.25, -0.2) is 0 Å². The van der Waals surface area contributed by atoms with Crippen LogP contribution in [0.2, 0.25) is 0 Å². The van der Waals surface area contributed by atoms with E-state index in [1.54, 1.807) is 21.6 Å². The molecule has 0 N–H and O–H groups in total. The van der Waals surface area contributed by atoms with Crippen LogP contribution in [0.25, 0.3) is 0 Å². The van der Waals surface area contributed by atoms with Crippen molar-refractivity contribution in [2.24, 2.45) is 0 Å². The van der Waals surface area contributed by atoms with Gasteiger partial charge < -0.3 is 9.80 Å². The lowest BCUT2D eigenvalue weighted by molar-refractivity contribution is -0.131. The number of hydrogen-bond acceptors (Lipinski definition) is 3. The summed E-state index contributed by atoms with van der Waals surface area (Å²) in [6, 6.07) is 19.5. The topological polar surface area (TPSA) is 40.6 Å². The van der Waals surface area contributed by atoms with E-state index in [0.29, 0.717) is 18.2 Å². The fraction of sp³-hybridized carbons (Fsp3) is 0.222. The summed E-state index contributed by atoms with van der Waals surface area (Å²) < 4.78 is 0. The summed E-state index contributed by atoms with van der Waals surface area (Å²) in [6.45, 7) is 0.631. The highest BCUT2D eigenvalue weighted by molar-refractivity contribution is 8.00. The molecular formula is C18H18N2O2S. The summed E-state index contributed by atoms with van der Waals surface area (Å²) in [5, 5.41) is 0. The molecule has 0 aromatic heterocycles. The number of benzene rings is 2. The van der Waals surface area contributed by atoms with Crippen molar-refractivity contribution in [3.8, 4) is 0 Å². The normalized spacial score (nSPS) is 14.1. The number of anilines is 1. The minimum Gasteiger partial charge on any atom is -0.323 e. The van der Waals surface area contributed by atoms with Gasteiger partial charge in [0.05, 0.1) is 18.2 Å². The number of amides is 2. The molecule has 0 radical (unpaired) electrons. The van der Waals surface area contributed by atoms with Crippen LogP contribution in [0.5, 0.6) is 0 Å². The summed E-state index contributed by atoms with van der Waals surface area (Å²) >= 11 is 1.55. The van der Waals surface area contributed by atoms with E-state index >= 15 is 0 Å². The molecule has 3 rings (SSSR count). The molecule has 1 aliphatic heterocycles. The summed E-state index contributed by atoms with van der Waals surface area (Å²) in [4.78, 5) is 27.9. The fourth-order valence-electron chi connectivity index (χ4n) is 2.49. The molecule has 0 atom stereocenters. The van der Waals surface area contributed by atoms with Gasteiger partial charge in [-0.2, -0.15) is 0 Å². The highest BCUT2D eigenvalue weighted by atomic mass is 32.2. The molecule has 5 heteroatoms. The number of thioether (sulfide) groups is 1. The molecule has 1 aliphatic rings. The van der Waals surface area contributed by atoms with Crippen LogP contribution >= 0.6 is 11.8 Å². The van der Waals surface area contributed by atoms with Crippen molar-refractivity contribution in [3.63, 3.8) is 0 Å². The van der Waals surface area contributed by atoms with Crippen molar-refractivity contribution in [2.75, 3.05) is 23.1 Å². The Bertz CT molecular complexity index is 676. The highest BCUT2D eigenvalue weighted by Crippen LogP contribution is 2.19. The first kappa shape index (κ1) is 15.6. The maximum Gasteiger partial charge on any atom is 0.246 e. The number of carbonyl (C=O) groups is 2. The monoisotopic (exact) mass is 326 g/mol. The smallest absolute Gasteiger partial charge is 0.246 e. The second kappa shape index (κ2) is 7.33. The third-order valence-electron chi connectivity index (χ3n) is 3.70. The van der Waals surface area contributed by atoms with Crippen LogP contribution in [0.4, 0.5) is 5.69 Å². The van der Waals surface area contributed by atoms with Gasteiger partial charge in [0.15, 0.2) is 0 Å². The first-order valence-electron chi connectivity index (χ1n) is 7.49. The Morgan fingerprint density at radius 2 is 1.70 bits per heavy atom. The number of carbonyl (C=O) groups excluding carboxylic acids is 2. The molecular weight excluding hydrogens is 308 g/mol. The molecule has 2 aromatic carbocycles. The van der Waals surface area contributed by atoms with Crippen LogP contribution in [-0.2, 0) is 16.1 Å². The van der Waals surface area contributed by atoms with Crippen molar-refractivity contribution in [1.82, 2.24) is 4.90 Å². The van der Waals surface area contributed by atoms with Crippen LogP contribution in [-0.4, -0.2) is 34.9 Å². The molecule has 2 aromatic rings. The van der Waals surface area contributed by atoms with E-state index < -0.39 is 0 Å². The van der Waals surface area contributed by atoms with Gasteiger partial charge in [-0.05, 0) is 17.7 Å². The summed E-state index contributed by atoms with van der Waals surface area (Å²) in [5.41, 5.74) is 1.91. The largest absolute Gasteiger partial charge is 0.323 e. The van der Waals surface area contributed by atoms with Crippen LogP contribution in [0.15, 0.2) is 60.7 Å². The zero-order valence-electron chi connectivity index (χ0n) is 12.7. The molecule has 23 heavy (non-hydrogen) atoms. The van der Waals surface area contributed by atoms with Gasteiger partial charge in [0.1, 0.15) is 6.54 Å². The Morgan fingerprint density at radius 1 is 1.04 bits per heavy atom. The van der Waals surface area contributed by atoms with E-state index in [1.807, 2.05) is 60.7 Å². The van der Waals surface area contributed by atoms with Crippen molar-refractivity contribution in [3.05, 3.63) is 66.2 Å². The third-order valence-corrected chi connectivity index (χ3v) is 4.65. The van der Waals surface area contributed by atoms with Gasteiger partial charge in [-0.1, -0.05) is 48.5 Å². The molecule has 0 aliphatic carbocycles. The van der Waals surface area contributed by atoms with E-state index in [9.17, 15) is 9.59 Å². The van der Waals surface area contributed by atoms with Crippen LogP contribution in [0.1, 0.15) is 5.56 Å². The Balaban J connectivity index is 1.79. The van der Waals surface area contributed by atoms with Crippen molar-refractivity contribution < 1.29 is 9.59 Å². The van der Waals surface area contributed by atoms with E-state index in [1.165, 1.54) is 0 Å². The summed E-state index contributed by atoms with van der Waals surface area (Å²) in [6.07, 6.45) is 0. The van der Waals surface area contributed by atoms with Gasteiger partial charge in [-0.15, -0.1) is 11.8 Å². The standard InChI is InChI=1S/C18H18N2O2S/c21-17(12-19-14-23-13-18(19)22)20(16-9-5-2-6-10-16)11-15-7-3-1-4-8-15/h1-10H,11-14H2. The predicted molar refractivity (Wildman–Crippen MR) is 93.1 cm³/mol. The van der Waals surface area contributed by atoms with Crippen molar-refractivity contribution >= 4 is 29.3 Å². The Labute approximate surface area is 140 Å². The van der Waals surface area contributed by atoms with E-state index in [-0.39, 0.29) is 18.4 Å². The molecule has 1 heterocycles. The summed E-state index contributed by atoms with van der Waals surface area (Å²) in [7, 11) is 0. The van der Waals surface area contributed by atoms with Gasteiger partial charge in [0.2, 0.25) is 11.8 Å². The number of para-hydroxylation sites is 1. The van der Waals surface area contributed by atoms with Crippen LogP contribution < -0.4 is 4.90 Å². The maximum absolute atomic E-state index is 12.8. The first-order chi connectivity index (χ1) is 11.2. The summed E-state index contributed by atoms with van der Waals surface area (Å²) in [5.74, 6) is 1.04. The molecule has 1 fully saturated rings. The second-order valence-corrected chi connectivity index (χ2v) is 6.33. The average Bonchev–Trinajstić information content (AvgIpc) is 2.99. The number of rotatable bonds is 5. The lowest BCUT2D eigenvalue weighted by atomic mass is 10.2. The molecule has 0 unspecified atom stereocenters.